The largest absolute Gasteiger partial charge is 0.294 e. The lowest BCUT2D eigenvalue weighted by atomic mass is 10.2. The minimum Gasteiger partial charge on any atom is -0.294 e. The fourth-order valence-corrected chi connectivity index (χ4v) is 2.90. The van der Waals surface area contributed by atoms with Crippen LogP contribution in [0.5, 0.6) is 0 Å². The topological polar surface area (TPSA) is 17.8 Å². The lowest BCUT2D eigenvalue weighted by molar-refractivity contribution is 0.590. The van der Waals surface area contributed by atoms with Crippen molar-refractivity contribution in [2.24, 2.45) is 0 Å². The van der Waals surface area contributed by atoms with E-state index in [4.69, 9.17) is 23.2 Å². The van der Waals surface area contributed by atoms with Crippen LogP contribution in [0.25, 0.3) is 16.7 Å². The Morgan fingerprint density at radius 2 is 1.95 bits per heavy atom. The monoisotopic (exact) mass is 390 g/mol. The van der Waals surface area contributed by atoms with Crippen LogP contribution >= 0.6 is 39.1 Å². The summed E-state index contributed by atoms with van der Waals surface area (Å²) in [7, 11) is 0. The first-order valence-electron chi connectivity index (χ1n) is 5.89. The molecule has 0 fully saturated rings. The molecule has 7 heteroatoms. The fourth-order valence-electron chi connectivity index (χ4n) is 2.17. The Hall–Kier alpha value is -1.17. The van der Waals surface area contributed by atoms with Gasteiger partial charge >= 0.3 is 0 Å². The van der Waals surface area contributed by atoms with Crippen molar-refractivity contribution in [2.45, 2.75) is 5.88 Å². The van der Waals surface area contributed by atoms with E-state index in [-0.39, 0.29) is 16.9 Å². The highest BCUT2D eigenvalue weighted by atomic mass is 79.9. The second kappa shape index (κ2) is 5.55. The van der Waals surface area contributed by atoms with Gasteiger partial charge < -0.3 is 0 Å². The molecule has 0 N–H and O–H groups in total. The molecule has 0 aliphatic heterocycles. The van der Waals surface area contributed by atoms with Gasteiger partial charge in [-0.25, -0.2) is 13.8 Å². The Labute approximate surface area is 137 Å². The number of nitrogens with zero attached hydrogens (tertiary/aromatic N) is 2. The predicted molar refractivity (Wildman–Crippen MR) is 83.3 cm³/mol. The smallest absolute Gasteiger partial charge is 0.153 e. The third kappa shape index (κ3) is 2.54. The number of hydrogen-bond acceptors (Lipinski definition) is 1. The summed E-state index contributed by atoms with van der Waals surface area (Å²) < 4.78 is 29.7. The summed E-state index contributed by atoms with van der Waals surface area (Å²) in [5.41, 5.74) is 0.889. The van der Waals surface area contributed by atoms with Gasteiger partial charge in [0.1, 0.15) is 17.2 Å². The van der Waals surface area contributed by atoms with E-state index in [9.17, 15) is 8.78 Å². The molecule has 2 aromatic carbocycles. The second-order valence-corrected chi connectivity index (χ2v) is 5.94. The van der Waals surface area contributed by atoms with Gasteiger partial charge in [0.2, 0.25) is 0 Å². The molecule has 2 nitrogen and oxygen atoms in total. The number of halogens is 5. The normalized spacial score (nSPS) is 11.3. The highest BCUT2D eigenvalue weighted by molar-refractivity contribution is 9.10. The van der Waals surface area contributed by atoms with Crippen LogP contribution in [0.1, 0.15) is 5.82 Å². The van der Waals surface area contributed by atoms with Gasteiger partial charge in [-0.15, -0.1) is 11.6 Å². The van der Waals surface area contributed by atoms with Gasteiger partial charge in [-0.1, -0.05) is 27.5 Å². The zero-order valence-corrected chi connectivity index (χ0v) is 13.5. The molecular weight excluding hydrogens is 385 g/mol. The maximum Gasteiger partial charge on any atom is 0.153 e. The molecule has 3 aromatic rings. The van der Waals surface area contributed by atoms with Crippen LogP contribution in [-0.4, -0.2) is 9.55 Å². The molecule has 0 radical (unpaired) electrons. The van der Waals surface area contributed by atoms with E-state index in [1.54, 1.807) is 22.8 Å². The third-order valence-electron chi connectivity index (χ3n) is 3.02. The third-order valence-corrected chi connectivity index (χ3v) is 4.07. The highest BCUT2D eigenvalue weighted by Gasteiger charge is 2.18. The van der Waals surface area contributed by atoms with Crippen molar-refractivity contribution in [1.82, 2.24) is 9.55 Å². The quantitative estimate of drug-likeness (QED) is 0.530. The van der Waals surface area contributed by atoms with Crippen molar-refractivity contribution < 1.29 is 8.78 Å². The van der Waals surface area contributed by atoms with Crippen molar-refractivity contribution in [2.75, 3.05) is 0 Å². The number of imidazole rings is 1. The van der Waals surface area contributed by atoms with Gasteiger partial charge in [0, 0.05) is 16.6 Å². The number of hydrogen-bond donors (Lipinski definition) is 0. The SMILES string of the molecule is Fc1cc(F)c2nc(CCl)n(-c3cc(Br)ccc3Cl)c2c1. The average molecular weight is 392 g/mol. The predicted octanol–water partition coefficient (Wildman–Crippen LogP) is 5.46. The molecule has 21 heavy (non-hydrogen) atoms. The van der Waals surface area contributed by atoms with Crippen LogP contribution in [0.3, 0.4) is 0 Å². The Balaban J connectivity index is 2.43. The zero-order chi connectivity index (χ0) is 15.1. The minimum absolute atomic E-state index is 0.0403. The molecule has 3 rings (SSSR count). The Kier molecular flexibility index (Phi) is 3.90. The maximum absolute atomic E-state index is 13.9. The molecule has 0 bridgehead atoms. The van der Waals surface area contributed by atoms with Crippen LogP contribution in [0.2, 0.25) is 5.02 Å². The zero-order valence-electron chi connectivity index (χ0n) is 10.4. The first-order valence-corrected chi connectivity index (χ1v) is 7.59. The fraction of sp³-hybridized carbons (Fsp3) is 0.0714. The van der Waals surface area contributed by atoms with Crippen LogP contribution in [0.4, 0.5) is 8.78 Å². The van der Waals surface area contributed by atoms with Crippen molar-refractivity contribution in [1.29, 1.82) is 0 Å². The summed E-state index contributed by atoms with van der Waals surface area (Å²) in [5, 5.41) is 0.425. The molecule has 0 aliphatic rings. The number of aromatic nitrogens is 2. The first kappa shape index (κ1) is 14.8. The van der Waals surface area contributed by atoms with Crippen molar-refractivity contribution in [3.05, 3.63) is 57.3 Å². The molecular formula is C14H7BrCl2F2N2. The maximum atomic E-state index is 13.9. The Morgan fingerprint density at radius 1 is 1.19 bits per heavy atom. The van der Waals surface area contributed by atoms with E-state index >= 15 is 0 Å². The number of fused-ring (bicyclic) bond motifs is 1. The summed E-state index contributed by atoms with van der Waals surface area (Å²) in [6, 6.07) is 7.19. The van der Waals surface area contributed by atoms with Gasteiger partial charge in [0.05, 0.1) is 22.1 Å². The van der Waals surface area contributed by atoms with Crippen LogP contribution in [0, 0.1) is 11.6 Å². The van der Waals surface area contributed by atoms with Crippen LogP contribution in [-0.2, 0) is 5.88 Å². The van der Waals surface area contributed by atoms with E-state index in [0.717, 1.165) is 10.5 Å². The van der Waals surface area contributed by atoms with Gasteiger partial charge in [-0.3, -0.25) is 4.57 Å². The second-order valence-electron chi connectivity index (χ2n) is 4.35. The molecule has 1 heterocycles. The van der Waals surface area contributed by atoms with Crippen LogP contribution in [0.15, 0.2) is 34.8 Å². The molecule has 0 amide bonds. The van der Waals surface area contributed by atoms with Crippen LogP contribution < -0.4 is 0 Å². The van der Waals surface area contributed by atoms with Crippen molar-refractivity contribution in [3.63, 3.8) is 0 Å². The molecule has 0 unspecified atom stereocenters. The van der Waals surface area contributed by atoms with E-state index < -0.39 is 11.6 Å². The molecule has 0 spiro atoms. The summed E-state index contributed by atoms with van der Waals surface area (Å²) in [5.74, 6) is -0.996. The lowest BCUT2D eigenvalue weighted by Crippen LogP contribution is -2.00. The minimum atomic E-state index is -0.735. The molecule has 1 aromatic heterocycles. The van der Waals surface area contributed by atoms with Gasteiger partial charge in [0.15, 0.2) is 5.82 Å². The number of rotatable bonds is 2. The number of alkyl halides is 1. The summed E-state index contributed by atoms with van der Waals surface area (Å²) >= 11 is 15.4. The highest BCUT2D eigenvalue weighted by Crippen LogP contribution is 2.31. The number of benzene rings is 2. The lowest BCUT2D eigenvalue weighted by Gasteiger charge is -2.10. The van der Waals surface area contributed by atoms with E-state index in [0.29, 0.717) is 16.5 Å². The van der Waals surface area contributed by atoms with E-state index in [1.807, 2.05) is 0 Å². The van der Waals surface area contributed by atoms with Gasteiger partial charge in [-0.05, 0) is 18.2 Å². The van der Waals surface area contributed by atoms with E-state index in [1.165, 1.54) is 6.07 Å². The molecule has 0 saturated heterocycles. The van der Waals surface area contributed by atoms with Crippen molar-refractivity contribution in [3.8, 4) is 5.69 Å². The summed E-state index contributed by atoms with van der Waals surface area (Å²) in [6.45, 7) is 0. The summed E-state index contributed by atoms with van der Waals surface area (Å²) in [4.78, 5) is 4.13. The molecule has 108 valence electrons. The molecule has 0 atom stereocenters. The average Bonchev–Trinajstić information content (AvgIpc) is 2.80. The summed E-state index contributed by atoms with van der Waals surface area (Å²) in [6.07, 6.45) is 0. The van der Waals surface area contributed by atoms with Crippen molar-refractivity contribution >= 4 is 50.2 Å². The molecule has 0 aliphatic carbocycles. The standard InChI is InChI=1S/C14H7BrCl2F2N2/c15-7-1-2-9(17)11(3-7)21-12-5-8(18)4-10(19)14(12)20-13(21)6-16/h1-5H,6H2. The Morgan fingerprint density at radius 3 is 2.67 bits per heavy atom. The van der Waals surface area contributed by atoms with Gasteiger partial charge in [0.25, 0.3) is 0 Å². The van der Waals surface area contributed by atoms with E-state index in [2.05, 4.69) is 20.9 Å². The van der Waals surface area contributed by atoms with Gasteiger partial charge in [-0.2, -0.15) is 0 Å². The molecule has 0 saturated carbocycles. The Bertz CT molecular complexity index is 849. The first-order chi connectivity index (χ1) is 10.0.